The molecule has 0 atom stereocenters. The minimum atomic E-state index is -3.83. The van der Waals surface area contributed by atoms with E-state index in [0.717, 1.165) is 11.1 Å². The molecule has 144 valence electrons. The first-order valence-corrected chi connectivity index (χ1v) is 10.4. The maximum absolute atomic E-state index is 12.8. The number of rotatable bonds is 5. The fourth-order valence-electron chi connectivity index (χ4n) is 2.71. The van der Waals surface area contributed by atoms with E-state index < -0.39 is 15.9 Å². The fraction of sp³-hybridized carbons (Fsp3) is 0.0952. The number of halogens is 1. The Balaban J connectivity index is 1.89. The highest BCUT2D eigenvalue weighted by atomic mass is 35.5. The van der Waals surface area contributed by atoms with Crippen molar-refractivity contribution >= 4 is 38.9 Å². The summed E-state index contributed by atoms with van der Waals surface area (Å²) in [5, 5.41) is 3.37. The second kappa shape index (κ2) is 8.04. The molecule has 5 nitrogen and oxygen atoms in total. The molecule has 0 aliphatic carbocycles. The number of aryl methyl sites for hydroxylation is 2. The van der Waals surface area contributed by atoms with Gasteiger partial charge in [-0.2, -0.15) is 0 Å². The third-order valence-corrected chi connectivity index (χ3v) is 5.75. The van der Waals surface area contributed by atoms with Crippen molar-refractivity contribution in [2.75, 3.05) is 10.0 Å². The van der Waals surface area contributed by atoms with Crippen LogP contribution in [0, 0.1) is 13.8 Å². The molecule has 0 radical (unpaired) electrons. The molecule has 7 heteroatoms. The van der Waals surface area contributed by atoms with Crippen LogP contribution in [0.5, 0.6) is 0 Å². The number of amides is 1. The molecular weight excluding hydrogens is 396 g/mol. The van der Waals surface area contributed by atoms with Crippen LogP contribution in [-0.2, 0) is 10.0 Å². The van der Waals surface area contributed by atoms with E-state index >= 15 is 0 Å². The zero-order valence-electron chi connectivity index (χ0n) is 15.4. The Bertz CT molecular complexity index is 1140. The van der Waals surface area contributed by atoms with Gasteiger partial charge in [0, 0.05) is 10.7 Å². The van der Waals surface area contributed by atoms with E-state index in [1.54, 1.807) is 54.6 Å². The molecule has 0 fully saturated rings. The lowest BCUT2D eigenvalue weighted by Crippen LogP contribution is -2.19. The van der Waals surface area contributed by atoms with E-state index in [2.05, 4.69) is 10.0 Å². The lowest BCUT2D eigenvalue weighted by atomic mass is 10.1. The summed E-state index contributed by atoms with van der Waals surface area (Å²) in [6.45, 7) is 3.64. The largest absolute Gasteiger partial charge is 0.322 e. The van der Waals surface area contributed by atoms with Gasteiger partial charge in [-0.25, -0.2) is 8.42 Å². The first kappa shape index (κ1) is 19.9. The Morgan fingerprint density at radius 3 is 2.36 bits per heavy atom. The van der Waals surface area contributed by atoms with Crippen molar-refractivity contribution in [2.24, 2.45) is 0 Å². The van der Waals surface area contributed by atoms with Crippen molar-refractivity contribution in [3.63, 3.8) is 0 Å². The van der Waals surface area contributed by atoms with Crippen molar-refractivity contribution in [2.45, 2.75) is 18.7 Å². The van der Waals surface area contributed by atoms with Gasteiger partial charge >= 0.3 is 0 Å². The molecule has 0 saturated carbocycles. The van der Waals surface area contributed by atoms with Gasteiger partial charge < -0.3 is 5.32 Å². The second-order valence-corrected chi connectivity index (χ2v) is 8.50. The van der Waals surface area contributed by atoms with E-state index in [0.29, 0.717) is 10.7 Å². The van der Waals surface area contributed by atoms with Crippen molar-refractivity contribution in [1.29, 1.82) is 0 Å². The van der Waals surface area contributed by atoms with Crippen LogP contribution >= 0.6 is 11.6 Å². The van der Waals surface area contributed by atoms with Crippen LogP contribution in [0.1, 0.15) is 21.5 Å². The number of carbonyl (C=O) groups is 1. The lowest BCUT2D eigenvalue weighted by molar-refractivity contribution is 0.102. The molecule has 0 unspecified atom stereocenters. The van der Waals surface area contributed by atoms with Crippen LogP contribution in [0.4, 0.5) is 11.4 Å². The Morgan fingerprint density at radius 2 is 1.64 bits per heavy atom. The molecular formula is C21H19ClN2O3S. The standard InChI is InChI=1S/C21H19ClN2O3S/c1-14-6-5-7-17(12-14)28(26,27)24-20-9-4-3-8-18(20)21(25)23-19-11-10-16(22)13-15(19)2/h3-13,24H,1-2H3,(H,23,25). The highest BCUT2D eigenvalue weighted by Crippen LogP contribution is 2.24. The maximum Gasteiger partial charge on any atom is 0.261 e. The van der Waals surface area contributed by atoms with Crippen LogP contribution in [-0.4, -0.2) is 14.3 Å². The molecule has 0 spiro atoms. The second-order valence-electron chi connectivity index (χ2n) is 6.38. The molecule has 1 amide bonds. The summed E-state index contributed by atoms with van der Waals surface area (Å²) in [6, 6.07) is 18.1. The highest BCUT2D eigenvalue weighted by molar-refractivity contribution is 7.92. The summed E-state index contributed by atoms with van der Waals surface area (Å²) in [5.41, 5.74) is 2.65. The minimum Gasteiger partial charge on any atom is -0.322 e. The van der Waals surface area contributed by atoms with Gasteiger partial charge in [-0.15, -0.1) is 0 Å². The van der Waals surface area contributed by atoms with Crippen molar-refractivity contribution in [1.82, 2.24) is 0 Å². The van der Waals surface area contributed by atoms with Gasteiger partial charge in [0.2, 0.25) is 0 Å². The van der Waals surface area contributed by atoms with Gasteiger partial charge in [0.05, 0.1) is 16.1 Å². The predicted octanol–water partition coefficient (Wildman–Crippen LogP) is 5.01. The van der Waals surface area contributed by atoms with Gasteiger partial charge in [0.15, 0.2) is 0 Å². The molecule has 2 N–H and O–H groups in total. The van der Waals surface area contributed by atoms with Crippen molar-refractivity contribution in [3.8, 4) is 0 Å². The van der Waals surface area contributed by atoms with Crippen LogP contribution in [0.25, 0.3) is 0 Å². The van der Waals surface area contributed by atoms with E-state index in [1.165, 1.54) is 6.07 Å². The molecule has 0 aliphatic heterocycles. The van der Waals surface area contributed by atoms with Gasteiger partial charge in [-0.3, -0.25) is 9.52 Å². The molecule has 0 saturated heterocycles. The summed E-state index contributed by atoms with van der Waals surface area (Å²) >= 11 is 5.95. The number of para-hydroxylation sites is 1. The van der Waals surface area contributed by atoms with Crippen LogP contribution < -0.4 is 10.0 Å². The van der Waals surface area contributed by atoms with Crippen molar-refractivity contribution < 1.29 is 13.2 Å². The molecule has 28 heavy (non-hydrogen) atoms. The normalized spacial score (nSPS) is 11.1. The summed E-state index contributed by atoms with van der Waals surface area (Å²) in [4.78, 5) is 12.9. The average Bonchev–Trinajstić information content (AvgIpc) is 2.64. The zero-order valence-corrected chi connectivity index (χ0v) is 16.9. The fourth-order valence-corrected chi connectivity index (χ4v) is 4.12. The zero-order chi connectivity index (χ0) is 20.3. The lowest BCUT2D eigenvalue weighted by Gasteiger charge is -2.14. The smallest absolute Gasteiger partial charge is 0.261 e. The van der Waals surface area contributed by atoms with Gasteiger partial charge in [-0.1, -0.05) is 35.9 Å². The van der Waals surface area contributed by atoms with Crippen LogP contribution in [0.2, 0.25) is 5.02 Å². The molecule has 3 aromatic rings. The Labute approximate surface area is 169 Å². The Hall–Kier alpha value is -2.83. The molecule has 3 rings (SSSR count). The molecule has 0 heterocycles. The highest BCUT2D eigenvalue weighted by Gasteiger charge is 2.19. The first-order valence-electron chi connectivity index (χ1n) is 8.52. The summed E-state index contributed by atoms with van der Waals surface area (Å²) < 4.78 is 28.0. The third kappa shape index (κ3) is 4.52. The summed E-state index contributed by atoms with van der Waals surface area (Å²) in [6.07, 6.45) is 0. The number of nitrogens with one attached hydrogen (secondary N) is 2. The summed E-state index contributed by atoms with van der Waals surface area (Å²) in [5.74, 6) is -0.423. The van der Waals surface area contributed by atoms with E-state index in [1.807, 2.05) is 19.9 Å². The van der Waals surface area contributed by atoms with E-state index in [-0.39, 0.29) is 16.1 Å². The first-order chi connectivity index (χ1) is 13.3. The predicted molar refractivity (Wildman–Crippen MR) is 113 cm³/mol. The number of hydrogen-bond donors (Lipinski definition) is 2. The summed E-state index contributed by atoms with van der Waals surface area (Å²) in [7, 11) is -3.83. The molecule has 3 aromatic carbocycles. The number of carbonyl (C=O) groups excluding carboxylic acids is 1. The van der Waals surface area contributed by atoms with Crippen LogP contribution in [0.15, 0.2) is 71.6 Å². The SMILES string of the molecule is Cc1cccc(S(=O)(=O)Nc2ccccc2C(=O)Nc2ccc(Cl)cc2C)c1. The number of sulfonamides is 1. The van der Waals surface area contributed by atoms with Gasteiger partial charge in [-0.05, 0) is 67.4 Å². The monoisotopic (exact) mass is 414 g/mol. The van der Waals surface area contributed by atoms with E-state index in [9.17, 15) is 13.2 Å². The number of anilines is 2. The average molecular weight is 415 g/mol. The number of benzene rings is 3. The minimum absolute atomic E-state index is 0.135. The quantitative estimate of drug-likeness (QED) is 0.616. The topological polar surface area (TPSA) is 75.3 Å². The Morgan fingerprint density at radius 1 is 0.893 bits per heavy atom. The van der Waals surface area contributed by atoms with Gasteiger partial charge in [0.1, 0.15) is 0 Å². The Kier molecular flexibility index (Phi) is 5.72. The van der Waals surface area contributed by atoms with Gasteiger partial charge in [0.25, 0.3) is 15.9 Å². The molecule has 0 aliphatic rings. The molecule has 0 bridgehead atoms. The van der Waals surface area contributed by atoms with Crippen molar-refractivity contribution in [3.05, 3.63) is 88.4 Å². The maximum atomic E-state index is 12.8. The third-order valence-electron chi connectivity index (χ3n) is 4.15. The van der Waals surface area contributed by atoms with E-state index in [4.69, 9.17) is 11.6 Å². The van der Waals surface area contributed by atoms with Crippen LogP contribution in [0.3, 0.4) is 0 Å². The molecule has 0 aromatic heterocycles. The number of hydrogen-bond acceptors (Lipinski definition) is 3.